The molecule has 0 saturated heterocycles. The van der Waals surface area contributed by atoms with E-state index in [-0.39, 0.29) is 0 Å². The predicted octanol–water partition coefficient (Wildman–Crippen LogP) is 0.588. The quantitative estimate of drug-likeness (QED) is 0.745. The maximum Gasteiger partial charge on any atom is 0.186 e. The number of thiazole rings is 1. The summed E-state index contributed by atoms with van der Waals surface area (Å²) in [6.45, 7) is 0. The zero-order chi connectivity index (χ0) is 8.48. The van der Waals surface area contributed by atoms with E-state index in [1.54, 1.807) is 7.05 Å². The van der Waals surface area contributed by atoms with Gasteiger partial charge in [-0.05, 0) is 0 Å². The third-order valence-electron chi connectivity index (χ3n) is 1.06. The van der Waals surface area contributed by atoms with Crippen molar-refractivity contribution < 1.29 is 8.42 Å². The fourth-order valence-electron chi connectivity index (χ4n) is 0.546. The van der Waals surface area contributed by atoms with Gasteiger partial charge in [-0.15, -0.1) is 0 Å². The molecule has 0 aromatic carbocycles. The van der Waals surface area contributed by atoms with Gasteiger partial charge in [0.25, 0.3) is 0 Å². The lowest BCUT2D eigenvalue weighted by atomic mass is 11.0. The summed E-state index contributed by atoms with van der Waals surface area (Å²) >= 11 is 1.13. The Morgan fingerprint density at radius 1 is 1.64 bits per heavy atom. The van der Waals surface area contributed by atoms with Crippen LogP contribution in [0.2, 0.25) is 0 Å². The van der Waals surface area contributed by atoms with Crippen LogP contribution in [0.4, 0.5) is 5.13 Å². The van der Waals surface area contributed by atoms with Crippen LogP contribution in [0, 0.1) is 0 Å². The number of hydrogen-bond acceptors (Lipinski definition) is 5. The van der Waals surface area contributed by atoms with Crippen LogP contribution in [0.25, 0.3) is 0 Å². The number of rotatable bonds is 2. The summed E-state index contributed by atoms with van der Waals surface area (Å²) in [7, 11) is -1.38. The van der Waals surface area contributed by atoms with Crippen molar-refractivity contribution in [1.82, 2.24) is 4.98 Å². The normalized spacial score (nSPS) is 11.5. The molecule has 1 rings (SSSR count). The molecule has 0 aliphatic rings. The van der Waals surface area contributed by atoms with Crippen LogP contribution in [-0.2, 0) is 9.84 Å². The zero-order valence-corrected chi connectivity index (χ0v) is 7.79. The molecular formula is C5H8N2O2S2. The molecule has 1 aromatic rings. The first kappa shape index (κ1) is 8.48. The second kappa shape index (κ2) is 2.78. The molecular weight excluding hydrogens is 184 g/mol. The van der Waals surface area contributed by atoms with Gasteiger partial charge >= 0.3 is 0 Å². The molecule has 62 valence electrons. The molecule has 0 aliphatic carbocycles. The number of nitrogens with zero attached hydrogens (tertiary/aromatic N) is 1. The molecule has 0 bridgehead atoms. The van der Waals surface area contributed by atoms with E-state index in [4.69, 9.17) is 0 Å². The van der Waals surface area contributed by atoms with Crippen LogP contribution in [0.3, 0.4) is 0 Å². The average molecular weight is 192 g/mol. The summed E-state index contributed by atoms with van der Waals surface area (Å²) in [6.07, 6.45) is 2.52. The summed E-state index contributed by atoms with van der Waals surface area (Å²) in [5, 5.41) is 3.38. The van der Waals surface area contributed by atoms with Gasteiger partial charge in [0, 0.05) is 13.3 Å². The average Bonchev–Trinajstić information content (AvgIpc) is 2.32. The Labute approximate surface area is 69.2 Å². The Morgan fingerprint density at radius 3 is 2.55 bits per heavy atom. The number of aromatic nitrogens is 1. The Bertz CT molecular complexity index is 341. The molecule has 0 radical (unpaired) electrons. The predicted molar refractivity (Wildman–Crippen MR) is 44.8 cm³/mol. The highest BCUT2D eigenvalue weighted by Crippen LogP contribution is 2.21. The monoisotopic (exact) mass is 192 g/mol. The lowest BCUT2D eigenvalue weighted by Crippen LogP contribution is -1.92. The standard InChI is InChI=1S/C5H8N2O2S2/c1-6-5-7-3-4(10-5)11(2,8)9/h3H,1-2H3,(H,6,7). The zero-order valence-electron chi connectivity index (χ0n) is 6.16. The molecule has 0 spiro atoms. The lowest BCUT2D eigenvalue weighted by molar-refractivity contribution is 0.603. The molecule has 0 unspecified atom stereocenters. The molecule has 0 amide bonds. The van der Waals surface area contributed by atoms with Crippen LogP contribution < -0.4 is 5.32 Å². The summed E-state index contributed by atoms with van der Waals surface area (Å²) in [5.41, 5.74) is 0. The first-order chi connectivity index (χ1) is 5.04. The molecule has 1 aromatic heterocycles. The van der Waals surface area contributed by atoms with E-state index in [2.05, 4.69) is 10.3 Å². The lowest BCUT2D eigenvalue weighted by Gasteiger charge is -1.88. The summed E-state index contributed by atoms with van der Waals surface area (Å²) in [6, 6.07) is 0. The van der Waals surface area contributed by atoms with Crippen molar-refractivity contribution in [1.29, 1.82) is 0 Å². The van der Waals surface area contributed by atoms with Gasteiger partial charge in [-0.3, -0.25) is 0 Å². The largest absolute Gasteiger partial charge is 0.365 e. The smallest absolute Gasteiger partial charge is 0.186 e. The van der Waals surface area contributed by atoms with E-state index >= 15 is 0 Å². The fraction of sp³-hybridized carbons (Fsp3) is 0.400. The Kier molecular flexibility index (Phi) is 2.15. The van der Waals surface area contributed by atoms with E-state index in [1.807, 2.05) is 0 Å². The van der Waals surface area contributed by atoms with Crippen LogP contribution in [0.1, 0.15) is 0 Å². The molecule has 0 fully saturated rings. The topological polar surface area (TPSA) is 59.1 Å². The summed E-state index contributed by atoms with van der Waals surface area (Å²) in [4.78, 5) is 3.83. The second-order valence-electron chi connectivity index (χ2n) is 2.01. The minimum absolute atomic E-state index is 0.293. The SMILES string of the molecule is CNc1ncc(S(C)(=O)=O)s1. The van der Waals surface area contributed by atoms with E-state index in [1.165, 1.54) is 12.5 Å². The van der Waals surface area contributed by atoms with Gasteiger partial charge in [0.2, 0.25) is 0 Å². The van der Waals surface area contributed by atoms with Crippen molar-refractivity contribution in [3.63, 3.8) is 0 Å². The third kappa shape index (κ3) is 1.90. The molecule has 6 heteroatoms. The number of sulfone groups is 1. The first-order valence-electron chi connectivity index (χ1n) is 2.87. The Balaban J connectivity index is 3.09. The highest BCUT2D eigenvalue weighted by atomic mass is 32.2. The van der Waals surface area contributed by atoms with Gasteiger partial charge in [0.05, 0.1) is 6.20 Å². The van der Waals surface area contributed by atoms with E-state index in [0.29, 0.717) is 9.34 Å². The Morgan fingerprint density at radius 2 is 2.27 bits per heavy atom. The maximum absolute atomic E-state index is 10.9. The van der Waals surface area contributed by atoms with Gasteiger partial charge in [-0.2, -0.15) is 0 Å². The summed E-state index contributed by atoms with van der Waals surface area (Å²) in [5.74, 6) is 0. The minimum Gasteiger partial charge on any atom is -0.365 e. The fourth-order valence-corrected chi connectivity index (χ4v) is 2.14. The van der Waals surface area contributed by atoms with E-state index in [9.17, 15) is 8.42 Å². The highest BCUT2D eigenvalue weighted by molar-refractivity contribution is 7.92. The van der Waals surface area contributed by atoms with Crippen molar-refractivity contribution in [2.45, 2.75) is 4.21 Å². The highest BCUT2D eigenvalue weighted by Gasteiger charge is 2.10. The van der Waals surface area contributed by atoms with E-state index < -0.39 is 9.84 Å². The van der Waals surface area contributed by atoms with Crippen molar-refractivity contribution in [2.24, 2.45) is 0 Å². The van der Waals surface area contributed by atoms with Crippen LogP contribution >= 0.6 is 11.3 Å². The molecule has 0 aliphatic heterocycles. The minimum atomic E-state index is -3.08. The molecule has 4 nitrogen and oxygen atoms in total. The summed E-state index contributed by atoms with van der Waals surface area (Å²) < 4.78 is 22.1. The van der Waals surface area contributed by atoms with Crippen molar-refractivity contribution in [2.75, 3.05) is 18.6 Å². The molecule has 11 heavy (non-hydrogen) atoms. The van der Waals surface area contributed by atoms with Crippen LogP contribution in [-0.4, -0.2) is 26.7 Å². The number of anilines is 1. The van der Waals surface area contributed by atoms with Gasteiger partial charge in [-0.1, -0.05) is 11.3 Å². The second-order valence-corrected chi connectivity index (χ2v) is 5.28. The van der Waals surface area contributed by atoms with Gasteiger partial charge in [-0.25, -0.2) is 13.4 Å². The number of hydrogen-bond donors (Lipinski definition) is 1. The Hall–Kier alpha value is -0.620. The molecule has 0 saturated carbocycles. The molecule has 0 atom stereocenters. The van der Waals surface area contributed by atoms with Gasteiger partial charge in [0.15, 0.2) is 15.0 Å². The van der Waals surface area contributed by atoms with Crippen LogP contribution in [0.15, 0.2) is 10.4 Å². The third-order valence-corrected chi connectivity index (χ3v) is 3.87. The van der Waals surface area contributed by atoms with Crippen molar-refractivity contribution in [3.8, 4) is 0 Å². The van der Waals surface area contributed by atoms with E-state index in [0.717, 1.165) is 11.3 Å². The van der Waals surface area contributed by atoms with Crippen molar-refractivity contribution in [3.05, 3.63) is 6.20 Å². The first-order valence-corrected chi connectivity index (χ1v) is 5.58. The number of nitrogens with one attached hydrogen (secondary N) is 1. The van der Waals surface area contributed by atoms with Gasteiger partial charge in [0.1, 0.15) is 4.21 Å². The maximum atomic E-state index is 10.9. The van der Waals surface area contributed by atoms with Crippen LogP contribution in [0.5, 0.6) is 0 Å². The molecule has 1 heterocycles. The van der Waals surface area contributed by atoms with Crippen molar-refractivity contribution >= 4 is 26.3 Å². The van der Waals surface area contributed by atoms with Gasteiger partial charge < -0.3 is 5.32 Å². The molecule has 1 N–H and O–H groups in total.